The van der Waals surface area contributed by atoms with E-state index in [-0.39, 0.29) is 0 Å². The molecule has 0 atom stereocenters. The third-order valence-electron chi connectivity index (χ3n) is 0.287. The number of carbonyl (C=O) groups excluding carboxylic acids is 1. The normalized spacial score (nSPS) is 6.38. The van der Waals surface area contributed by atoms with Gasteiger partial charge in [-0.15, -0.1) is 0 Å². The van der Waals surface area contributed by atoms with Crippen molar-refractivity contribution in [1.82, 2.24) is 0 Å². The number of carbonyl (C=O) groups is 2. The maximum Gasteiger partial charge on any atom is 0.404 e. The lowest BCUT2D eigenvalue weighted by atomic mass is 10.9. The minimum atomic E-state index is -0.833. The standard InChI is InChI=1S/C3H7NO2.C2H3Cl.C2H4O2/c1-2-6-3(4)5;1-2-3;1-2(3)4/h2H2,1H3,(H2,4,5);2H,1H2;1H3,(H,3,4). The molecule has 0 bridgehead atoms. The molecule has 0 heterocycles. The third kappa shape index (κ3) is 264. The maximum atomic E-state index is 9.60. The highest BCUT2D eigenvalue weighted by Gasteiger charge is 1.82. The highest BCUT2D eigenvalue weighted by molar-refractivity contribution is 6.25. The fourth-order valence-corrected chi connectivity index (χ4v) is 0.142. The molecular weight excluding hydrogens is 198 g/mol. The second-order valence-corrected chi connectivity index (χ2v) is 1.73. The van der Waals surface area contributed by atoms with E-state index in [0.717, 1.165) is 6.92 Å². The van der Waals surface area contributed by atoms with Crippen LogP contribution in [0.2, 0.25) is 0 Å². The molecule has 0 aliphatic heterocycles. The van der Waals surface area contributed by atoms with Gasteiger partial charge in [0.05, 0.1) is 6.61 Å². The number of carboxylic acids is 1. The van der Waals surface area contributed by atoms with E-state index in [9.17, 15) is 4.79 Å². The molecule has 1 amide bonds. The third-order valence-corrected chi connectivity index (χ3v) is 0.287. The number of primary amides is 1. The Morgan fingerprint density at radius 1 is 1.69 bits per heavy atom. The average molecular weight is 212 g/mol. The predicted octanol–water partition coefficient (Wildman–Crippen LogP) is 1.56. The number of amides is 1. The Labute approximate surface area is 82.1 Å². The van der Waals surface area contributed by atoms with Crippen molar-refractivity contribution < 1.29 is 19.4 Å². The first-order valence-electron chi connectivity index (χ1n) is 3.25. The molecule has 6 heteroatoms. The van der Waals surface area contributed by atoms with Gasteiger partial charge in [-0.25, -0.2) is 4.79 Å². The second kappa shape index (κ2) is 17.0. The first-order chi connectivity index (χ1) is 5.92. The fourth-order valence-electron chi connectivity index (χ4n) is 0.142. The Morgan fingerprint density at radius 3 is 1.92 bits per heavy atom. The summed E-state index contributed by atoms with van der Waals surface area (Å²) < 4.78 is 4.18. The molecule has 0 aliphatic rings. The van der Waals surface area contributed by atoms with Gasteiger partial charge in [0.1, 0.15) is 0 Å². The number of carboxylic acid groups (broad SMARTS) is 1. The van der Waals surface area contributed by atoms with Crippen molar-refractivity contribution in [3.05, 3.63) is 12.1 Å². The summed E-state index contributed by atoms with van der Waals surface area (Å²) in [5.41, 5.74) is 5.76. The molecule has 0 spiro atoms. The van der Waals surface area contributed by atoms with Gasteiger partial charge in [-0.1, -0.05) is 18.2 Å². The smallest absolute Gasteiger partial charge is 0.404 e. The summed E-state index contributed by atoms with van der Waals surface area (Å²) in [6.45, 7) is 6.27. The van der Waals surface area contributed by atoms with Gasteiger partial charge in [0.25, 0.3) is 5.97 Å². The molecule has 0 rings (SSSR count). The van der Waals surface area contributed by atoms with Crippen molar-refractivity contribution in [2.24, 2.45) is 5.73 Å². The molecule has 0 unspecified atom stereocenters. The summed E-state index contributed by atoms with van der Waals surface area (Å²) in [5, 5.41) is 7.42. The minimum Gasteiger partial charge on any atom is -0.481 e. The topological polar surface area (TPSA) is 89.6 Å². The quantitative estimate of drug-likeness (QED) is 0.689. The first kappa shape index (κ1) is 17.8. The highest BCUT2D eigenvalue weighted by atomic mass is 35.5. The predicted molar refractivity (Wildman–Crippen MR) is 50.6 cm³/mol. The number of hydrogen-bond donors (Lipinski definition) is 2. The molecule has 13 heavy (non-hydrogen) atoms. The lowest BCUT2D eigenvalue weighted by Gasteiger charge is -1.89. The molecule has 0 fully saturated rings. The van der Waals surface area contributed by atoms with Crippen molar-refractivity contribution in [1.29, 1.82) is 0 Å². The van der Waals surface area contributed by atoms with Gasteiger partial charge < -0.3 is 15.6 Å². The van der Waals surface area contributed by atoms with Crippen LogP contribution in [0, 0.1) is 0 Å². The van der Waals surface area contributed by atoms with Crippen molar-refractivity contribution in [3.63, 3.8) is 0 Å². The van der Waals surface area contributed by atoms with Crippen molar-refractivity contribution in [3.8, 4) is 0 Å². The SMILES string of the molecule is C=CCl.CC(=O)O.CCOC(N)=O. The number of halogens is 1. The number of rotatable bonds is 1. The van der Waals surface area contributed by atoms with Crippen LogP contribution in [0.3, 0.4) is 0 Å². The number of nitrogens with two attached hydrogens (primary N) is 1. The van der Waals surface area contributed by atoms with Gasteiger partial charge in [-0.05, 0) is 12.5 Å². The molecule has 0 aromatic heterocycles. The molecule has 78 valence electrons. The monoisotopic (exact) mass is 211 g/mol. The van der Waals surface area contributed by atoms with Gasteiger partial charge in [-0.2, -0.15) is 0 Å². The minimum absolute atomic E-state index is 0.356. The zero-order valence-electron chi connectivity index (χ0n) is 7.62. The Bertz CT molecular complexity index is 145. The highest BCUT2D eigenvalue weighted by Crippen LogP contribution is 1.66. The lowest BCUT2D eigenvalue weighted by molar-refractivity contribution is -0.134. The molecule has 0 radical (unpaired) electrons. The van der Waals surface area contributed by atoms with E-state index in [0.29, 0.717) is 6.61 Å². The van der Waals surface area contributed by atoms with E-state index in [2.05, 4.69) is 17.0 Å². The van der Waals surface area contributed by atoms with Gasteiger partial charge in [0, 0.05) is 6.92 Å². The lowest BCUT2D eigenvalue weighted by Crippen LogP contribution is -2.11. The summed E-state index contributed by atoms with van der Waals surface area (Å²) in [7, 11) is 0. The molecule has 0 saturated heterocycles. The van der Waals surface area contributed by atoms with Crippen LogP contribution in [0.1, 0.15) is 13.8 Å². The van der Waals surface area contributed by atoms with Gasteiger partial charge in [0.15, 0.2) is 0 Å². The van der Waals surface area contributed by atoms with Gasteiger partial charge >= 0.3 is 6.09 Å². The molecule has 5 nitrogen and oxygen atoms in total. The Kier molecular flexibility index (Phi) is 23.3. The first-order valence-corrected chi connectivity index (χ1v) is 3.68. The van der Waals surface area contributed by atoms with E-state index in [1.165, 1.54) is 5.54 Å². The fraction of sp³-hybridized carbons (Fsp3) is 0.429. The zero-order chi connectivity index (χ0) is 11.3. The average Bonchev–Trinajstić information content (AvgIpc) is 1.86. The summed E-state index contributed by atoms with van der Waals surface area (Å²) in [6, 6.07) is 0. The van der Waals surface area contributed by atoms with E-state index in [1.54, 1.807) is 6.92 Å². The van der Waals surface area contributed by atoms with E-state index in [1.807, 2.05) is 0 Å². The summed E-state index contributed by atoms with van der Waals surface area (Å²) in [4.78, 5) is 18.6. The van der Waals surface area contributed by atoms with E-state index < -0.39 is 12.1 Å². The summed E-state index contributed by atoms with van der Waals surface area (Å²) in [6.07, 6.45) is -0.711. The molecule has 0 saturated carbocycles. The van der Waals surface area contributed by atoms with Crippen molar-refractivity contribution >= 4 is 23.7 Å². The van der Waals surface area contributed by atoms with Gasteiger partial charge in [0.2, 0.25) is 0 Å². The van der Waals surface area contributed by atoms with Crippen LogP contribution < -0.4 is 5.73 Å². The van der Waals surface area contributed by atoms with Crippen LogP contribution >= 0.6 is 11.6 Å². The van der Waals surface area contributed by atoms with Crippen LogP contribution in [0.5, 0.6) is 0 Å². The number of aliphatic carboxylic acids is 1. The molecule has 0 aromatic carbocycles. The molecule has 0 aromatic rings. The number of hydrogen-bond acceptors (Lipinski definition) is 3. The number of ether oxygens (including phenoxy) is 1. The van der Waals surface area contributed by atoms with Crippen LogP contribution in [0.25, 0.3) is 0 Å². The van der Waals surface area contributed by atoms with E-state index in [4.69, 9.17) is 21.5 Å². The Hall–Kier alpha value is -1.23. The Balaban J connectivity index is -0.000000125. The molecule has 3 N–H and O–H groups in total. The summed E-state index contributed by atoms with van der Waals surface area (Å²) >= 11 is 4.76. The second-order valence-electron chi connectivity index (χ2n) is 1.43. The van der Waals surface area contributed by atoms with Crippen LogP contribution in [0.15, 0.2) is 12.1 Å². The zero-order valence-corrected chi connectivity index (χ0v) is 8.37. The molecular formula is C7H14ClNO4. The largest absolute Gasteiger partial charge is 0.481 e. The van der Waals surface area contributed by atoms with Crippen LogP contribution in [-0.4, -0.2) is 23.8 Å². The van der Waals surface area contributed by atoms with Crippen LogP contribution in [0.4, 0.5) is 4.79 Å². The molecule has 0 aliphatic carbocycles. The maximum absolute atomic E-state index is 9.60. The van der Waals surface area contributed by atoms with Crippen molar-refractivity contribution in [2.45, 2.75) is 13.8 Å². The van der Waals surface area contributed by atoms with Crippen LogP contribution in [-0.2, 0) is 9.53 Å². The Morgan fingerprint density at radius 2 is 1.92 bits per heavy atom. The van der Waals surface area contributed by atoms with Crippen molar-refractivity contribution in [2.75, 3.05) is 6.61 Å². The summed E-state index contributed by atoms with van der Waals surface area (Å²) in [5.74, 6) is -0.833. The van der Waals surface area contributed by atoms with Gasteiger partial charge in [-0.3, -0.25) is 4.79 Å². The van der Waals surface area contributed by atoms with E-state index >= 15 is 0 Å².